The van der Waals surface area contributed by atoms with Gasteiger partial charge in [0.2, 0.25) is 0 Å². The molecular weight excluding hydrogens is 443 g/mol. The van der Waals surface area contributed by atoms with Crippen molar-refractivity contribution >= 4 is 22.1 Å². The van der Waals surface area contributed by atoms with Crippen LogP contribution in [0, 0.1) is 0 Å². The molecular formula is C22H42N2O2Sn. The van der Waals surface area contributed by atoms with Crippen LogP contribution in [0.5, 0.6) is 0 Å². The Kier molecular flexibility index (Phi) is 11.4. The van der Waals surface area contributed by atoms with Crippen molar-refractivity contribution in [1.82, 2.24) is 9.97 Å². The van der Waals surface area contributed by atoms with Crippen LogP contribution in [0.1, 0.15) is 84.4 Å². The molecule has 0 spiro atoms. The zero-order chi connectivity index (χ0) is 19.4. The first-order valence-corrected chi connectivity index (χ1v) is 19.0. The van der Waals surface area contributed by atoms with Crippen LogP contribution < -0.4 is 3.71 Å². The summed E-state index contributed by atoms with van der Waals surface area (Å²) in [5.74, 6) is 1.12. The van der Waals surface area contributed by atoms with Crippen LogP contribution in [0.25, 0.3) is 0 Å². The van der Waals surface area contributed by atoms with E-state index in [1.54, 1.807) is 3.71 Å². The third-order valence-electron chi connectivity index (χ3n) is 6.01. The van der Waals surface area contributed by atoms with Crippen molar-refractivity contribution in [2.45, 2.75) is 105 Å². The number of hydrogen-bond acceptors (Lipinski definition) is 3. The Hall–Kier alpha value is -0.0713. The van der Waals surface area contributed by atoms with Gasteiger partial charge in [0.1, 0.15) is 0 Å². The minimum absolute atomic E-state index is 0.00473. The summed E-state index contributed by atoms with van der Waals surface area (Å²) in [7, 11) is 0. The number of nitrogens with zero attached hydrogens (tertiary/aromatic N) is 1. The van der Waals surface area contributed by atoms with Crippen LogP contribution in [0.4, 0.5) is 0 Å². The third kappa shape index (κ3) is 7.69. The Morgan fingerprint density at radius 1 is 1.07 bits per heavy atom. The van der Waals surface area contributed by atoms with Crippen LogP contribution in [0.3, 0.4) is 0 Å². The van der Waals surface area contributed by atoms with E-state index in [9.17, 15) is 0 Å². The first kappa shape index (κ1) is 23.2. The van der Waals surface area contributed by atoms with Crippen LogP contribution in [-0.4, -0.2) is 47.8 Å². The molecule has 156 valence electrons. The molecule has 0 radical (unpaired) electrons. The molecule has 1 aliphatic rings. The number of unbranched alkanes of at least 4 members (excludes halogenated alkanes) is 3. The summed E-state index contributed by atoms with van der Waals surface area (Å²) in [6, 6.07) is 0. The molecule has 27 heavy (non-hydrogen) atoms. The van der Waals surface area contributed by atoms with Gasteiger partial charge in [-0.25, -0.2) is 0 Å². The molecule has 1 unspecified atom stereocenters. The Morgan fingerprint density at radius 3 is 2.30 bits per heavy atom. The number of rotatable bonds is 14. The molecule has 1 saturated heterocycles. The Bertz CT molecular complexity index is 478. The third-order valence-corrected chi connectivity index (χ3v) is 21.2. The van der Waals surface area contributed by atoms with Crippen LogP contribution >= 0.6 is 0 Å². The first-order chi connectivity index (χ1) is 13.2. The molecule has 1 aliphatic heterocycles. The van der Waals surface area contributed by atoms with Crippen molar-refractivity contribution in [3.8, 4) is 0 Å². The monoisotopic (exact) mass is 486 g/mol. The van der Waals surface area contributed by atoms with Crippen LogP contribution in [-0.2, 0) is 15.9 Å². The maximum atomic E-state index is 5.91. The van der Waals surface area contributed by atoms with E-state index in [4.69, 9.17) is 14.5 Å². The van der Waals surface area contributed by atoms with Crippen molar-refractivity contribution in [1.29, 1.82) is 0 Å². The molecule has 0 aliphatic carbocycles. The molecule has 1 atom stereocenters. The van der Waals surface area contributed by atoms with Gasteiger partial charge in [0.05, 0.1) is 0 Å². The molecule has 2 heterocycles. The Balaban J connectivity index is 1.98. The fourth-order valence-electron chi connectivity index (χ4n) is 4.21. The van der Waals surface area contributed by atoms with Gasteiger partial charge in [-0.2, -0.15) is 0 Å². The molecule has 5 heteroatoms. The molecule has 2 rings (SSSR count). The van der Waals surface area contributed by atoms with Gasteiger partial charge in [0, 0.05) is 0 Å². The van der Waals surface area contributed by atoms with Crippen LogP contribution in [0.2, 0.25) is 13.3 Å². The number of H-pyrrole nitrogens is 1. The molecule has 1 aromatic rings. The van der Waals surface area contributed by atoms with Gasteiger partial charge in [-0.05, 0) is 0 Å². The molecule has 1 N–H and O–H groups in total. The number of aromatic amines is 1. The fourth-order valence-corrected chi connectivity index (χ4v) is 19.6. The molecule has 1 fully saturated rings. The van der Waals surface area contributed by atoms with E-state index in [1.807, 2.05) is 0 Å². The topological polar surface area (TPSA) is 47.1 Å². The van der Waals surface area contributed by atoms with Gasteiger partial charge >= 0.3 is 171 Å². The zero-order valence-electron chi connectivity index (χ0n) is 18.0. The summed E-state index contributed by atoms with van der Waals surface area (Å²) >= 11 is -2.36. The summed E-state index contributed by atoms with van der Waals surface area (Å²) in [6.45, 7) is 8.55. The van der Waals surface area contributed by atoms with E-state index in [2.05, 4.69) is 32.0 Å². The molecule has 0 bridgehead atoms. The van der Waals surface area contributed by atoms with Crippen molar-refractivity contribution < 1.29 is 9.47 Å². The first-order valence-electron chi connectivity index (χ1n) is 11.5. The average molecular weight is 485 g/mol. The number of nitrogens with one attached hydrogen (secondary N) is 1. The molecule has 4 nitrogen and oxygen atoms in total. The summed E-state index contributed by atoms with van der Waals surface area (Å²) in [6.07, 6.45) is 14.6. The van der Waals surface area contributed by atoms with Crippen molar-refractivity contribution in [3.05, 3.63) is 12.0 Å². The predicted molar refractivity (Wildman–Crippen MR) is 116 cm³/mol. The second-order valence-electron chi connectivity index (χ2n) is 8.25. The molecule has 0 aromatic carbocycles. The van der Waals surface area contributed by atoms with Gasteiger partial charge < -0.3 is 0 Å². The fraction of sp³-hybridized carbons (Fsp3) is 0.864. The maximum absolute atomic E-state index is 5.91. The van der Waals surface area contributed by atoms with E-state index in [0.717, 1.165) is 25.3 Å². The number of ether oxygens (including phenoxy) is 2. The second kappa shape index (κ2) is 13.2. The second-order valence-corrected chi connectivity index (χ2v) is 21.4. The summed E-state index contributed by atoms with van der Waals surface area (Å²) in [5, 5.41) is 0. The van der Waals surface area contributed by atoms with E-state index >= 15 is 0 Å². The van der Waals surface area contributed by atoms with E-state index in [0.29, 0.717) is 6.61 Å². The number of hydrogen-bond donors (Lipinski definition) is 1. The van der Waals surface area contributed by atoms with Gasteiger partial charge in [-0.1, -0.05) is 0 Å². The van der Waals surface area contributed by atoms with Gasteiger partial charge in [-0.15, -0.1) is 0 Å². The normalized spacial score (nSPS) is 18.1. The number of imidazole rings is 1. The quantitative estimate of drug-likeness (QED) is 0.352. The molecule has 0 saturated carbocycles. The standard InChI is InChI=1S/C10H15N2O2.3C4H9.Sn/c1-2-7-13-10(3-1)14-8-4-9-11-5-6-12-9;3*1-3-4-2;/h5,10H,1-4,7-8H2,(H,11,12);3*1,3-4H2,2H3;. The minimum atomic E-state index is -2.36. The summed E-state index contributed by atoms with van der Waals surface area (Å²) in [4.78, 5) is 8.55. The molecule has 1 aromatic heterocycles. The van der Waals surface area contributed by atoms with Crippen molar-refractivity contribution in [2.75, 3.05) is 13.2 Å². The molecule has 0 amide bonds. The Morgan fingerprint density at radius 2 is 1.74 bits per heavy atom. The van der Waals surface area contributed by atoms with Crippen molar-refractivity contribution in [3.63, 3.8) is 0 Å². The Labute approximate surface area is 171 Å². The van der Waals surface area contributed by atoms with Gasteiger partial charge in [0.15, 0.2) is 0 Å². The van der Waals surface area contributed by atoms with Gasteiger partial charge in [0.25, 0.3) is 0 Å². The van der Waals surface area contributed by atoms with Crippen molar-refractivity contribution in [2.24, 2.45) is 0 Å². The summed E-state index contributed by atoms with van der Waals surface area (Å²) in [5.41, 5.74) is 0. The van der Waals surface area contributed by atoms with Crippen LogP contribution in [0.15, 0.2) is 6.20 Å². The SMILES string of the molecule is CCC[CH2][Sn]([CH2]CCC)([CH2]CCC)[c]1cnc(CCOC2CCCCO2)[nH]1. The number of aromatic nitrogens is 2. The average Bonchev–Trinajstić information content (AvgIpc) is 3.18. The predicted octanol–water partition coefficient (Wildman–Crippen LogP) is 5.55. The zero-order valence-corrected chi connectivity index (χ0v) is 20.9. The van der Waals surface area contributed by atoms with E-state index in [-0.39, 0.29) is 6.29 Å². The summed E-state index contributed by atoms with van der Waals surface area (Å²) < 4.78 is 17.6. The van der Waals surface area contributed by atoms with E-state index in [1.165, 1.54) is 64.7 Å². The van der Waals surface area contributed by atoms with E-state index < -0.39 is 18.4 Å². The van der Waals surface area contributed by atoms with Gasteiger partial charge in [-0.3, -0.25) is 0 Å².